The number of nitrogens with two attached hydrogens (primary N) is 1. The number of ether oxygens (including phenoxy) is 1. The Hall–Kier alpha value is -2.01. The lowest BCUT2D eigenvalue weighted by Crippen LogP contribution is -2.42. The first kappa shape index (κ1) is 19.3. The Morgan fingerprint density at radius 2 is 1.92 bits per heavy atom. The summed E-state index contributed by atoms with van der Waals surface area (Å²) in [6, 6.07) is 9.52. The number of hydrogen-bond donors (Lipinski definition) is 2. The normalized spacial score (nSPS) is 21.0. The van der Waals surface area contributed by atoms with Crippen LogP contribution in [0.1, 0.15) is 44.6 Å². The van der Waals surface area contributed by atoms with Crippen LogP contribution >= 0.6 is 12.4 Å². The molecule has 3 rings (SSSR count). The van der Waals surface area contributed by atoms with Crippen molar-refractivity contribution in [3.05, 3.63) is 47.2 Å². The van der Waals surface area contributed by atoms with E-state index in [1.165, 1.54) is 19.3 Å². The van der Waals surface area contributed by atoms with Gasteiger partial charge in [-0.1, -0.05) is 49.6 Å². The van der Waals surface area contributed by atoms with Crippen LogP contribution in [0.2, 0.25) is 0 Å². The standard InChI is InChI=1S/C19H25N3O2.ClH/c1-13-16(18(23)24-12-14-8-4-2-5-9-14)17(22-19(20)21-13)15-10-6-3-7-11-15;/h2,4-5,8-9,15,17H,3,6-7,10-12H2,1H3,(H3,20,21,22);1H. The Labute approximate surface area is 155 Å². The van der Waals surface area contributed by atoms with Crippen molar-refractivity contribution in [2.45, 2.75) is 51.7 Å². The van der Waals surface area contributed by atoms with Crippen LogP contribution in [0.15, 0.2) is 46.6 Å². The molecule has 5 nitrogen and oxygen atoms in total. The zero-order chi connectivity index (χ0) is 16.9. The summed E-state index contributed by atoms with van der Waals surface area (Å²) in [7, 11) is 0. The third kappa shape index (κ3) is 4.75. The van der Waals surface area contributed by atoms with E-state index >= 15 is 0 Å². The number of guanidine groups is 1. The fourth-order valence-corrected chi connectivity index (χ4v) is 3.59. The number of carbonyl (C=O) groups excluding carboxylic acids is 1. The van der Waals surface area contributed by atoms with E-state index < -0.39 is 0 Å². The Kier molecular flexibility index (Phi) is 6.88. The molecule has 1 aromatic carbocycles. The minimum atomic E-state index is -0.296. The number of nitrogens with zero attached hydrogens (tertiary/aromatic N) is 1. The van der Waals surface area contributed by atoms with Gasteiger partial charge in [-0.25, -0.2) is 9.79 Å². The van der Waals surface area contributed by atoms with E-state index in [1.54, 1.807) is 0 Å². The van der Waals surface area contributed by atoms with Gasteiger partial charge in [0.25, 0.3) is 0 Å². The first-order valence-electron chi connectivity index (χ1n) is 8.67. The number of benzene rings is 1. The predicted octanol–water partition coefficient (Wildman–Crippen LogP) is 3.29. The van der Waals surface area contributed by atoms with Gasteiger partial charge in [0, 0.05) is 5.70 Å². The first-order valence-corrected chi connectivity index (χ1v) is 8.67. The van der Waals surface area contributed by atoms with E-state index in [2.05, 4.69) is 10.3 Å². The molecule has 1 saturated carbocycles. The number of halogens is 1. The number of carbonyl (C=O) groups is 1. The fourth-order valence-electron chi connectivity index (χ4n) is 3.59. The van der Waals surface area contributed by atoms with Gasteiger partial charge in [0.2, 0.25) is 0 Å². The van der Waals surface area contributed by atoms with Gasteiger partial charge in [-0.05, 0) is 31.2 Å². The van der Waals surface area contributed by atoms with Crippen molar-refractivity contribution >= 4 is 24.3 Å². The van der Waals surface area contributed by atoms with E-state index in [0.717, 1.165) is 24.1 Å². The highest BCUT2D eigenvalue weighted by atomic mass is 35.5. The zero-order valence-electron chi connectivity index (χ0n) is 14.5. The largest absolute Gasteiger partial charge is 0.457 e. The average Bonchev–Trinajstić information content (AvgIpc) is 2.60. The molecular weight excluding hydrogens is 338 g/mol. The van der Waals surface area contributed by atoms with E-state index in [9.17, 15) is 4.79 Å². The highest BCUT2D eigenvalue weighted by Crippen LogP contribution is 2.33. The Balaban J connectivity index is 0.00000225. The van der Waals surface area contributed by atoms with Gasteiger partial charge in [-0.2, -0.15) is 0 Å². The molecule has 0 bridgehead atoms. The average molecular weight is 364 g/mol. The fraction of sp³-hybridized carbons (Fsp3) is 0.474. The lowest BCUT2D eigenvalue weighted by Gasteiger charge is -2.32. The van der Waals surface area contributed by atoms with Crippen molar-refractivity contribution in [2.24, 2.45) is 16.6 Å². The lowest BCUT2D eigenvalue weighted by atomic mass is 9.80. The minimum absolute atomic E-state index is 0. The summed E-state index contributed by atoms with van der Waals surface area (Å²) in [6.45, 7) is 2.14. The summed E-state index contributed by atoms with van der Waals surface area (Å²) in [5.41, 5.74) is 8.27. The maximum absolute atomic E-state index is 12.7. The topological polar surface area (TPSA) is 76.7 Å². The molecule has 0 radical (unpaired) electrons. The van der Waals surface area contributed by atoms with Crippen molar-refractivity contribution in [1.82, 2.24) is 5.32 Å². The quantitative estimate of drug-likeness (QED) is 0.805. The van der Waals surface area contributed by atoms with Crippen LogP contribution in [-0.4, -0.2) is 18.0 Å². The molecule has 136 valence electrons. The third-order valence-electron chi connectivity index (χ3n) is 4.82. The maximum Gasteiger partial charge on any atom is 0.338 e. The highest BCUT2D eigenvalue weighted by Gasteiger charge is 2.34. The van der Waals surface area contributed by atoms with Crippen molar-refractivity contribution < 1.29 is 9.53 Å². The van der Waals surface area contributed by atoms with Gasteiger partial charge >= 0.3 is 5.97 Å². The number of rotatable bonds is 4. The summed E-state index contributed by atoms with van der Waals surface area (Å²) in [6.07, 6.45) is 5.82. The van der Waals surface area contributed by atoms with E-state index in [4.69, 9.17) is 10.5 Å². The SMILES string of the molecule is CC1=C(C(=O)OCc2ccccc2)C(C2CCCCC2)N=C(N)N1.Cl. The Morgan fingerprint density at radius 1 is 1.24 bits per heavy atom. The molecule has 1 fully saturated rings. The van der Waals surface area contributed by atoms with Crippen molar-refractivity contribution in [1.29, 1.82) is 0 Å². The molecule has 1 atom stereocenters. The van der Waals surface area contributed by atoms with Crippen molar-refractivity contribution in [2.75, 3.05) is 0 Å². The molecule has 1 aliphatic heterocycles. The van der Waals surface area contributed by atoms with Gasteiger partial charge in [0.1, 0.15) is 6.61 Å². The van der Waals surface area contributed by atoms with Crippen LogP contribution in [-0.2, 0) is 16.1 Å². The van der Waals surface area contributed by atoms with Gasteiger partial charge in [-0.15, -0.1) is 12.4 Å². The second kappa shape index (κ2) is 8.90. The Bertz CT molecular complexity index is 652. The molecule has 0 spiro atoms. The Morgan fingerprint density at radius 3 is 2.60 bits per heavy atom. The molecule has 1 aromatic rings. The maximum atomic E-state index is 12.7. The van der Waals surface area contributed by atoms with Crippen LogP contribution < -0.4 is 11.1 Å². The molecule has 1 unspecified atom stereocenters. The smallest absolute Gasteiger partial charge is 0.338 e. The van der Waals surface area contributed by atoms with E-state index in [0.29, 0.717) is 17.5 Å². The van der Waals surface area contributed by atoms with Gasteiger partial charge in [0.05, 0.1) is 11.6 Å². The number of aliphatic imine (C=N–C) groups is 1. The van der Waals surface area contributed by atoms with E-state index in [1.807, 2.05) is 37.3 Å². The van der Waals surface area contributed by atoms with Gasteiger partial charge in [-0.3, -0.25) is 0 Å². The third-order valence-corrected chi connectivity index (χ3v) is 4.82. The van der Waals surface area contributed by atoms with Crippen LogP contribution in [0.3, 0.4) is 0 Å². The molecule has 6 heteroatoms. The monoisotopic (exact) mass is 363 g/mol. The number of esters is 1. The summed E-state index contributed by atoms with van der Waals surface area (Å²) >= 11 is 0. The molecule has 0 aromatic heterocycles. The van der Waals surface area contributed by atoms with Gasteiger partial charge in [0.15, 0.2) is 5.96 Å². The molecule has 1 aliphatic carbocycles. The second-order valence-electron chi connectivity index (χ2n) is 6.58. The molecule has 3 N–H and O–H groups in total. The number of hydrogen-bond acceptors (Lipinski definition) is 5. The first-order chi connectivity index (χ1) is 11.6. The zero-order valence-corrected chi connectivity index (χ0v) is 15.3. The molecule has 25 heavy (non-hydrogen) atoms. The second-order valence-corrected chi connectivity index (χ2v) is 6.58. The summed E-state index contributed by atoms with van der Waals surface area (Å²) < 4.78 is 5.55. The highest BCUT2D eigenvalue weighted by molar-refractivity contribution is 5.94. The molecule has 1 heterocycles. The summed E-state index contributed by atoms with van der Waals surface area (Å²) in [4.78, 5) is 17.2. The number of allylic oxidation sites excluding steroid dienone is 1. The lowest BCUT2D eigenvalue weighted by molar-refractivity contribution is -0.140. The van der Waals surface area contributed by atoms with Gasteiger partial charge < -0.3 is 15.8 Å². The molecule has 2 aliphatic rings. The van der Waals surface area contributed by atoms with Crippen molar-refractivity contribution in [3.63, 3.8) is 0 Å². The van der Waals surface area contributed by atoms with Crippen molar-refractivity contribution in [3.8, 4) is 0 Å². The summed E-state index contributed by atoms with van der Waals surface area (Å²) in [5.74, 6) is 0.465. The molecule has 0 saturated heterocycles. The molecular formula is C19H26ClN3O2. The predicted molar refractivity (Wildman–Crippen MR) is 101 cm³/mol. The molecule has 0 amide bonds. The van der Waals surface area contributed by atoms with E-state index in [-0.39, 0.29) is 31.0 Å². The van der Waals surface area contributed by atoms with Crippen LogP contribution in [0.25, 0.3) is 0 Å². The summed E-state index contributed by atoms with van der Waals surface area (Å²) in [5, 5.41) is 2.98. The minimum Gasteiger partial charge on any atom is -0.457 e. The van der Waals surface area contributed by atoms with Crippen LogP contribution in [0.4, 0.5) is 0 Å². The number of nitrogens with one attached hydrogen (secondary N) is 1. The van der Waals surface area contributed by atoms with Crippen LogP contribution in [0.5, 0.6) is 0 Å². The van der Waals surface area contributed by atoms with Crippen LogP contribution in [0, 0.1) is 5.92 Å².